The van der Waals surface area contributed by atoms with Crippen molar-refractivity contribution >= 4 is 99.3 Å². The number of aliphatic hydroxyl groups is 1. The van der Waals surface area contributed by atoms with Crippen molar-refractivity contribution < 1.29 is 156 Å². The summed E-state index contributed by atoms with van der Waals surface area (Å²) >= 11 is 1.29. The Labute approximate surface area is 803 Å². The van der Waals surface area contributed by atoms with Gasteiger partial charge in [-0.25, -0.2) is 0 Å². The van der Waals surface area contributed by atoms with Gasteiger partial charge < -0.3 is 157 Å². The molecule has 39 nitrogen and oxygen atoms in total. The van der Waals surface area contributed by atoms with Crippen LogP contribution < -0.4 is 63.8 Å². The Balaban J connectivity index is -0.000000189. The van der Waals surface area contributed by atoms with Crippen LogP contribution in [0.15, 0.2) is 41.2 Å². The molecule has 0 fully saturated rings. The average molecular weight is 1960 g/mol. The zero-order valence-electron chi connectivity index (χ0n) is 81.7. The van der Waals surface area contributed by atoms with Crippen molar-refractivity contribution in [2.24, 2.45) is 58.5 Å². The van der Waals surface area contributed by atoms with E-state index in [1.807, 2.05) is 117 Å². The number of thioether (sulfide) groups is 1. The molecule has 0 saturated heterocycles. The number of ketones is 1. The summed E-state index contributed by atoms with van der Waals surface area (Å²) in [6.07, 6.45) is 6.75. The summed E-state index contributed by atoms with van der Waals surface area (Å²) in [5.74, 6) is -1.78. The Bertz CT molecular complexity index is 3180. The average Bonchev–Trinajstić information content (AvgIpc) is 0.870. The molecule has 0 spiro atoms. The molecular weight excluding hydrogens is 1790 g/mol. The van der Waals surface area contributed by atoms with Crippen LogP contribution in [0.2, 0.25) is 0 Å². The second-order valence-corrected chi connectivity index (χ2v) is 36.8. The first kappa shape index (κ1) is 137. The third-order valence-electron chi connectivity index (χ3n) is 18.5. The van der Waals surface area contributed by atoms with Crippen LogP contribution in [-0.4, -0.2) is 303 Å². The maximum absolute atomic E-state index is 12.6. The van der Waals surface area contributed by atoms with E-state index < -0.39 is 70.0 Å². The van der Waals surface area contributed by atoms with E-state index in [0.29, 0.717) is 97.0 Å². The predicted molar refractivity (Wildman–Crippen MR) is 494 cm³/mol. The fourth-order valence-electron chi connectivity index (χ4n) is 8.66. The number of Topliss-reactive ketones (excluding diaryl/α,β-unsaturated/α-hetero) is 1. The number of oxime groups is 7. The van der Waals surface area contributed by atoms with Crippen LogP contribution in [0.4, 0.5) is 0 Å². The number of aliphatic hydroxyl groups excluding tert-OH is 1. The zero-order valence-corrected chi connectivity index (χ0v) is 88.2. The fourth-order valence-corrected chi connectivity index (χ4v) is 9.56. The van der Waals surface area contributed by atoms with Crippen molar-refractivity contribution in [3.05, 3.63) is 20.3 Å². The maximum atomic E-state index is 12.6. The monoisotopic (exact) mass is 1960 g/mol. The molecule has 2 radical (unpaired) electrons. The van der Waals surface area contributed by atoms with Gasteiger partial charge in [-0.3, -0.25) is 33.6 Å². The first-order valence-corrected chi connectivity index (χ1v) is 42.2. The largest absolute Gasteiger partial charge is 0.481 e. The Morgan fingerprint density at radius 1 is 0.440 bits per heavy atom. The number of carbonyl (C=O) groups is 7. The third kappa shape index (κ3) is 74.9. The number of amides is 4. The van der Waals surface area contributed by atoms with E-state index in [0.717, 1.165) is 25.9 Å². The molecule has 0 rings (SSSR count). The number of likely N-dealkylation sites (N-methyl/N-ethyl adjacent to an activating group) is 1. The second-order valence-electron chi connectivity index (χ2n) is 35.8. The van der Waals surface area contributed by atoms with E-state index >= 15 is 0 Å². The summed E-state index contributed by atoms with van der Waals surface area (Å²) in [4.78, 5) is 82.9. The molecule has 0 saturated carbocycles. The molecule has 42 heteroatoms. The van der Waals surface area contributed by atoms with Crippen LogP contribution in [-0.2, 0) is 99.0 Å². The molecule has 0 aliphatic carbocycles. The molecule has 728 valence electrons. The number of carbonyl (C=O) groups excluding carboxylic acids is 5. The topological polar surface area (TPSA) is 589 Å². The van der Waals surface area contributed by atoms with E-state index in [2.05, 4.69) is 153 Å². The molecule has 0 aliphatic heterocycles. The van der Waals surface area contributed by atoms with Gasteiger partial charge in [0, 0.05) is 116 Å². The van der Waals surface area contributed by atoms with Crippen LogP contribution in [0.3, 0.4) is 0 Å². The third-order valence-corrected chi connectivity index (χ3v) is 19.5. The predicted octanol–water partition coefficient (Wildman–Crippen LogP) is 7.65. The first-order chi connectivity index (χ1) is 56.2. The summed E-state index contributed by atoms with van der Waals surface area (Å²) in [5.41, 5.74) is -0.329. The van der Waals surface area contributed by atoms with Crippen LogP contribution in [0.25, 0.3) is 0 Å². The van der Waals surface area contributed by atoms with Crippen LogP contribution in [0.1, 0.15) is 253 Å². The molecule has 4 amide bonds. The number of aliphatic carboxylic acids is 2. The van der Waals surface area contributed by atoms with Gasteiger partial charge in [0.15, 0.2) is 5.78 Å². The maximum Gasteiger partial charge on any atom is 0.303 e. The van der Waals surface area contributed by atoms with Crippen molar-refractivity contribution in [2.75, 3.05) is 91.2 Å². The van der Waals surface area contributed by atoms with Gasteiger partial charge in [-0.15, -0.1) is 24.9 Å². The molecule has 0 aromatic rings. The van der Waals surface area contributed by atoms with Crippen molar-refractivity contribution in [1.82, 2.24) is 68.7 Å². The molecule has 125 heavy (non-hydrogen) atoms. The molecule has 0 aromatic heterocycles. The van der Waals surface area contributed by atoms with Crippen molar-refractivity contribution in [1.29, 1.82) is 0 Å². The van der Waals surface area contributed by atoms with E-state index in [4.69, 9.17) is 51.9 Å². The van der Waals surface area contributed by atoms with Gasteiger partial charge in [-0.05, 0) is 198 Å². The van der Waals surface area contributed by atoms with Crippen LogP contribution >= 0.6 is 11.8 Å². The summed E-state index contributed by atoms with van der Waals surface area (Å²) in [6.45, 7) is 67.6. The standard InChI is InChI=1S/C18H35N5O5.C17H32N4O5S.C15H30N4O4.C13H27N4O2.C12H25N4O2.2C4H9.2Y/c1-12(22-27)17(3,4)19-10-14(11-20-18(5,6)13(2)23-28)21-15(24)8-7-9-16(25)26;1-11(23)18-10-27-9-13(15(25)17(2,3)4)20-16(26)12(8-22)19-14(24)7-21(5)6;1-11(18-22)14(2,3)16-9-6-10-17-15(4,5)12(19-23)7-8-13(20)21;1-10(16-18)12(3,4)14-8-7-9-15-13(5,6)11(2)17-19;1-10(16-18)12(4,5)14-8-6-7-13-11(2,3)9-15-17;2*1-4(2)3;;/h14,19-20,27-28H,7-11H2,1-6H3,(H,21,24)(H,25,26);12-13,22H,7-10H2,1-6H3,(H,18,23)(H,19,24)(H,20,26);16-17,22-23H,6-10H2,1-5H3,(H,20,21);7,14-15,18-19H,8-9H2,1-6H3;13-14,17-18H,6-8H2,1-5H3;2*4H,1H2,2-3H3;;/q;;;4*-1;;/b22-12+,23-13+;;18-11+,19-12+;16-10+,17-11+;16-10+;;;;/t;12-,13-;;;;;;;/m.0......./s1. The number of nitrogens with one attached hydrogen (secondary N) is 12. The van der Waals surface area contributed by atoms with Gasteiger partial charge in [0.05, 0.1) is 116 Å². The summed E-state index contributed by atoms with van der Waals surface area (Å²) < 4.78 is 0. The second kappa shape index (κ2) is 72.1. The summed E-state index contributed by atoms with van der Waals surface area (Å²) in [7, 11) is 3.41. The number of carboxylic acids is 2. The molecule has 23 N–H and O–H groups in total. The molecule has 0 bridgehead atoms. The molecule has 0 unspecified atom stereocenters. The molecular formula is C83H167N21O18SY2-4. The fraction of sp³-hybridized carbons (Fsp3) is 0.783. The summed E-state index contributed by atoms with van der Waals surface area (Å²) in [6, 6.07) is -2.28. The van der Waals surface area contributed by atoms with E-state index in [1.54, 1.807) is 81.3 Å². The molecule has 0 heterocycles. The first-order valence-electron chi connectivity index (χ1n) is 41.1. The number of hydrogen-bond donors (Lipinski definition) is 23. The zero-order chi connectivity index (χ0) is 97.7. The van der Waals surface area contributed by atoms with Gasteiger partial charge in [0.25, 0.3) is 0 Å². The SMILES string of the molecule is C/C(=N\O)C(C)(C)NCC(CNC(C)(C)/C(C)=N/O)NC(=O)CCCC(=O)O.C/C(=N\O)C(C)(C)NCCCNC(C)(C)/C(CCC(=O)O)=N/O.C/C(=N\O)C(C)(C)NCCCNC(C)(C)[C-]=NO.C/C(=N\O)C(C)(C)NC[CH-]CNC(C)(C)/C(C)=N/O.CC(=O)NCSC[C@H](NC(=O)[C@H](CO)NC(=O)CN(C)C)C(=O)C(C)(C)C.[CH2-]C(C)C.[CH2-]C(C)C.[Y].[Y]. The van der Waals surface area contributed by atoms with Crippen LogP contribution in [0, 0.1) is 37.5 Å². The van der Waals surface area contributed by atoms with Gasteiger partial charge >= 0.3 is 11.9 Å². The molecule has 0 aliphatic rings. The Kier molecular flexibility index (Phi) is 79.3. The van der Waals surface area contributed by atoms with Gasteiger partial charge in [0.1, 0.15) is 6.04 Å². The van der Waals surface area contributed by atoms with E-state index in [9.17, 15) is 38.7 Å². The number of hydrogen-bond acceptors (Lipinski definition) is 34. The minimum absolute atomic E-state index is 0. The number of carboxylic acid groups (broad SMARTS) is 2. The van der Waals surface area contributed by atoms with E-state index in [1.165, 1.54) is 18.7 Å². The van der Waals surface area contributed by atoms with Gasteiger partial charge in [-0.1, -0.05) is 104 Å². The van der Waals surface area contributed by atoms with Gasteiger partial charge in [-0.2, -0.15) is 11.8 Å². The molecule has 0 aromatic carbocycles. The summed E-state index contributed by atoms with van der Waals surface area (Å²) in [5, 5.41) is 160. The van der Waals surface area contributed by atoms with Gasteiger partial charge in [0.2, 0.25) is 23.6 Å². The Morgan fingerprint density at radius 2 is 0.784 bits per heavy atom. The van der Waals surface area contributed by atoms with E-state index in [-0.39, 0.29) is 156 Å². The number of rotatable bonds is 51. The van der Waals surface area contributed by atoms with Crippen molar-refractivity contribution in [2.45, 2.75) is 315 Å². The van der Waals surface area contributed by atoms with Crippen LogP contribution in [0.5, 0.6) is 0 Å². The Morgan fingerprint density at radius 3 is 1.10 bits per heavy atom. The minimum Gasteiger partial charge on any atom is -0.481 e. The number of nitrogens with zero attached hydrogens (tertiary/aromatic N) is 9. The molecule has 2 atom stereocenters. The minimum atomic E-state index is -1.15. The Hall–Kier alpha value is -5.59. The van der Waals surface area contributed by atoms with Crippen molar-refractivity contribution in [3.63, 3.8) is 0 Å². The normalized spacial score (nSPS) is 13.7. The quantitative estimate of drug-likeness (QED) is 0.00694. The smallest absolute Gasteiger partial charge is 0.303 e. The van der Waals surface area contributed by atoms with Crippen molar-refractivity contribution in [3.8, 4) is 0 Å².